The minimum absolute atomic E-state index is 0.0686. The van der Waals surface area contributed by atoms with Gasteiger partial charge in [0.1, 0.15) is 0 Å². The van der Waals surface area contributed by atoms with Gasteiger partial charge in [-0.3, -0.25) is 0 Å². The standard InChI is InChI=1S/C12H15Br2NO2/c1-3-4-5-8(15)7-6-9(17-2)12(16)11(14)10(7)13/h3,6,8,16H,1,4-5,15H2,2H3/t8-/m1/s1. The summed E-state index contributed by atoms with van der Waals surface area (Å²) in [6.07, 6.45) is 3.47. The van der Waals surface area contributed by atoms with Gasteiger partial charge >= 0.3 is 0 Å². The second kappa shape index (κ2) is 6.42. The average molecular weight is 365 g/mol. The van der Waals surface area contributed by atoms with Crippen molar-refractivity contribution in [2.75, 3.05) is 7.11 Å². The van der Waals surface area contributed by atoms with Crippen LogP contribution in [0.5, 0.6) is 11.5 Å². The van der Waals surface area contributed by atoms with Crippen molar-refractivity contribution >= 4 is 31.9 Å². The lowest BCUT2D eigenvalue weighted by Gasteiger charge is -2.17. The smallest absolute Gasteiger partial charge is 0.173 e. The first-order valence-electron chi connectivity index (χ1n) is 5.14. The molecule has 0 saturated heterocycles. The number of nitrogens with two attached hydrogens (primary N) is 1. The average Bonchev–Trinajstić information content (AvgIpc) is 2.33. The molecule has 0 aromatic heterocycles. The summed E-state index contributed by atoms with van der Waals surface area (Å²) in [4.78, 5) is 0. The number of halogens is 2. The maximum atomic E-state index is 9.80. The van der Waals surface area contributed by atoms with Crippen LogP contribution in [-0.4, -0.2) is 12.2 Å². The zero-order valence-electron chi connectivity index (χ0n) is 9.54. The van der Waals surface area contributed by atoms with Crippen molar-refractivity contribution in [3.8, 4) is 11.5 Å². The number of hydrogen-bond acceptors (Lipinski definition) is 3. The summed E-state index contributed by atoms with van der Waals surface area (Å²) < 4.78 is 6.41. The first-order valence-corrected chi connectivity index (χ1v) is 6.72. The van der Waals surface area contributed by atoms with Crippen molar-refractivity contribution in [3.05, 3.63) is 33.2 Å². The van der Waals surface area contributed by atoms with E-state index in [1.54, 1.807) is 6.07 Å². The molecule has 1 aromatic rings. The quantitative estimate of drug-likeness (QED) is 0.779. The van der Waals surface area contributed by atoms with Gasteiger partial charge in [0.25, 0.3) is 0 Å². The minimum Gasteiger partial charge on any atom is -0.503 e. The summed E-state index contributed by atoms with van der Waals surface area (Å²) in [5.41, 5.74) is 6.99. The second-order valence-electron chi connectivity index (χ2n) is 3.62. The highest BCUT2D eigenvalue weighted by molar-refractivity contribution is 9.13. The Balaban J connectivity index is 3.15. The molecule has 94 valence electrons. The lowest BCUT2D eigenvalue weighted by molar-refractivity contribution is 0.370. The molecule has 0 radical (unpaired) electrons. The summed E-state index contributed by atoms with van der Waals surface area (Å²) in [7, 11) is 1.51. The Kier molecular flexibility index (Phi) is 5.49. The molecular weight excluding hydrogens is 350 g/mol. The minimum atomic E-state index is -0.131. The summed E-state index contributed by atoms with van der Waals surface area (Å²) in [5, 5.41) is 9.80. The van der Waals surface area contributed by atoms with Gasteiger partial charge < -0.3 is 15.6 Å². The number of methoxy groups -OCH3 is 1. The SMILES string of the molecule is C=CCC[C@@H](N)c1cc(OC)c(O)c(Br)c1Br. The van der Waals surface area contributed by atoms with E-state index < -0.39 is 0 Å². The van der Waals surface area contributed by atoms with Crippen molar-refractivity contribution < 1.29 is 9.84 Å². The summed E-state index contributed by atoms with van der Waals surface area (Å²) in [5.74, 6) is 0.475. The molecule has 1 rings (SSSR count). The number of rotatable bonds is 5. The Hall–Kier alpha value is -0.520. The number of ether oxygens (including phenoxy) is 1. The number of phenolic OH excluding ortho intramolecular Hbond substituents is 1. The van der Waals surface area contributed by atoms with Crippen LogP contribution < -0.4 is 10.5 Å². The molecule has 3 nitrogen and oxygen atoms in total. The predicted octanol–water partition coefficient (Wildman–Crippen LogP) is 3.89. The predicted molar refractivity (Wildman–Crippen MR) is 76.4 cm³/mol. The van der Waals surface area contributed by atoms with E-state index in [2.05, 4.69) is 38.4 Å². The van der Waals surface area contributed by atoms with E-state index in [1.807, 2.05) is 6.08 Å². The highest BCUT2D eigenvalue weighted by Gasteiger charge is 2.18. The van der Waals surface area contributed by atoms with Crippen LogP contribution in [0, 0.1) is 0 Å². The van der Waals surface area contributed by atoms with Gasteiger partial charge in [0, 0.05) is 10.5 Å². The molecule has 5 heteroatoms. The zero-order chi connectivity index (χ0) is 13.0. The van der Waals surface area contributed by atoms with Gasteiger partial charge in [-0.15, -0.1) is 6.58 Å². The lowest BCUT2D eigenvalue weighted by atomic mass is 10.0. The third kappa shape index (κ3) is 3.24. The van der Waals surface area contributed by atoms with E-state index >= 15 is 0 Å². The van der Waals surface area contributed by atoms with E-state index in [9.17, 15) is 5.11 Å². The van der Waals surface area contributed by atoms with E-state index in [0.29, 0.717) is 10.2 Å². The van der Waals surface area contributed by atoms with Gasteiger partial charge in [-0.1, -0.05) is 6.08 Å². The Morgan fingerprint density at radius 2 is 2.18 bits per heavy atom. The van der Waals surface area contributed by atoms with E-state index in [-0.39, 0.29) is 11.8 Å². The van der Waals surface area contributed by atoms with E-state index in [4.69, 9.17) is 10.5 Å². The third-order valence-electron chi connectivity index (χ3n) is 2.48. The molecule has 0 aliphatic carbocycles. The first kappa shape index (κ1) is 14.5. The Morgan fingerprint density at radius 1 is 1.53 bits per heavy atom. The first-order chi connectivity index (χ1) is 8.02. The maximum Gasteiger partial charge on any atom is 0.173 e. The second-order valence-corrected chi connectivity index (χ2v) is 5.20. The highest BCUT2D eigenvalue weighted by atomic mass is 79.9. The van der Waals surface area contributed by atoms with Crippen LogP contribution in [0.4, 0.5) is 0 Å². The molecule has 0 fully saturated rings. The van der Waals surface area contributed by atoms with Gasteiger partial charge in [0.05, 0.1) is 11.6 Å². The molecule has 0 heterocycles. The number of aromatic hydroxyl groups is 1. The summed E-state index contributed by atoms with van der Waals surface area (Å²) in [6.45, 7) is 3.67. The van der Waals surface area contributed by atoms with Gasteiger partial charge in [0.15, 0.2) is 11.5 Å². The fourth-order valence-electron chi connectivity index (χ4n) is 1.49. The van der Waals surface area contributed by atoms with Crippen molar-refractivity contribution in [1.82, 2.24) is 0 Å². The fraction of sp³-hybridized carbons (Fsp3) is 0.333. The van der Waals surface area contributed by atoms with E-state index in [0.717, 1.165) is 22.9 Å². The van der Waals surface area contributed by atoms with Crippen LogP contribution in [-0.2, 0) is 0 Å². The third-order valence-corrected chi connectivity index (χ3v) is 4.63. The van der Waals surface area contributed by atoms with E-state index in [1.165, 1.54) is 7.11 Å². The normalized spacial score (nSPS) is 12.2. The number of hydrogen-bond donors (Lipinski definition) is 2. The number of phenols is 1. The number of benzene rings is 1. The van der Waals surface area contributed by atoms with Crippen molar-refractivity contribution in [2.24, 2.45) is 5.73 Å². The molecule has 0 saturated carbocycles. The highest BCUT2D eigenvalue weighted by Crippen LogP contribution is 2.43. The Morgan fingerprint density at radius 3 is 2.71 bits per heavy atom. The molecule has 0 aliphatic rings. The van der Waals surface area contributed by atoms with Crippen molar-refractivity contribution in [3.63, 3.8) is 0 Å². The largest absolute Gasteiger partial charge is 0.503 e. The van der Waals surface area contributed by atoms with Crippen LogP contribution in [0.2, 0.25) is 0 Å². The van der Waals surface area contributed by atoms with Crippen LogP contribution in [0.1, 0.15) is 24.4 Å². The topological polar surface area (TPSA) is 55.5 Å². The fourth-order valence-corrected chi connectivity index (χ4v) is 2.51. The van der Waals surface area contributed by atoms with Crippen LogP contribution in [0.15, 0.2) is 27.7 Å². The Labute approximate surface area is 118 Å². The van der Waals surface area contributed by atoms with Crippen LogP contribution in [0.3, 0.4) is 0 Å². The molecule has 1 aromatic carbocycles. The maximum absolute atomic E-state index is 9.80. The van der Waals surface area contributed by atoms with Gasteiger partial charge in [-0.2, -0.15) is 0 Å². The number of allylic oxidation sites excluding steroid dienone is 1. The van der Waals surface area contributed by atoms with Crippen molar-refractivity contribution in [2.45, 2.75) is 18.9 Å². The van der Waals surface area contributed by atoms with Gasteiger partial charge in [-0.25, -0.2) is 0 Å². The molecule has 3 N–H and O–H groups in total. The molecule has 0 bridgehead atoms. The van der Waals surface area contributed by atoms with Gasteiger partial charge in [0.2, 0.25) is 0 Å². The molecule has 0 spiro atoms. The summed E-state index contributed by atoms with van der Waals surface area (Å²) in [6, 6.07) is 1.62. The molecule has 1 atom stereocenters. The zero-order valence-corrected chi connectivity index (χ0v) is 12.7. The van der Waals surface area contributed by atoms with Crippen molar-refractivity contribution in [1.29, 1.82) is 0 Å². The molecule has 0 unspecified atom stereocenters. The molecule has 17 heavy (non-hydrogen) atoms. The molecule has 0 amide bonds. The van der Waals surface area contributed by atoms with Gasteiger partial charge in [-0.05, 0) is 56.3 Å². The lowest BCUT2D eigenvalue weighted by Crippen LogP contribution is -2.11. The van der Waals surface area contributed by atoms with Crippen LogP contribution >= 0.6 is 31.9 Å². The van der Waals surface area contributed by atoms with Crippen LogP contribution in [0.25, 0.3) is 0 Å². The molecular formula is C12H15Br2NO2. The monoisotopic (exact) mass is 363 g/mol. The summed E-state index contributed by atoms with van der Waals surface area (Å²) >= 11 is 6.72. The molecule has 0 aliphatic heterocycles. The Bertz CT molecular complexity index is 421.